The molecule has 0 saturated carbocycles. The summed E-state index contributed by atoms with van der Waals surface area (Å²) in [5.41, 5.74) is 0. The van der Waals surface area contributed by atoms with E-state index in [4.69, 9.17) is 5.11 Å². The van der Waals surface area contributed by atoms with Crippen LogP contribution in [0.15, 0.2) is 0 Å². The lowest BCUT2D eigenvalue weighted by molar-refractivity contribution is -0.142. The number of hydrogen-bond donors (Lipinski definition) is 2. The normalized spacial score (nSPS) is 14.7. The first kappa shape index (κ1) is 17.8. The van der Waals surface area contributed by atoms with Crippen LogP contribution in [0.3, 0.4) is 0 Å². The Labute approximate surface area is 113 Å². The van der Waals surface area contributed by atoms with Crippen LogP contribution in [0, 0.1) is 5.92 Å². The van der Waals surface area contributed by atoms with Gasteiger partial charge in [-0.05, 0) is 12.8 Å². The van der Waals surface area contributed by atoms with E-state index >= 15 is 0 Å². The van der Waals surface area contributed by atoms with E-state index in [9.17, 15) is 18.0 Å². The molecule has 0 aromatic heterocycles. The van der Waals surface area contributed by atoms with Crippen LogP contribution in [-0.2, 0) is 24.3 Å². The number of aliphatic carboxylic acids is 1. The van der Waals surface area contributed by atoms with Gasteiger partial charge in [0.05, 0.1) is 18.8 Å². The van der Waals surface area contributed by atoms with Crippen molar-refractivity contribution in [1.29, 1.82) is 0 Å². The lowest BCUT2D eigenvalue weighted by atomic mass is 10.0. The van der Waals surface area contributed by atoms with Crippen molar-refractivity contribution in [3.8, 4) is 0 Å². The van der Waals surface area contributed by atoms with E-state index in [0.29, 0.717) is 6.42 Å². The van der Waals surface area contributed by atoms with Gasteiger partial charge >= 0.3 is 11.9 Å². The highest BCUT2D eigenvalue weighted by Crippen LogP contribution is 2.09. The lowest BCUT2D eigenvalue weighted by Gasteiger charge is -2.19. The number of rotatable bonds is 9. The highest BCUT2D eigenvalue weighted by molar-refractivity contribution is 7.89. The molecule has 0 fully saturated rings. The average molecular weight is 295 g/mol. The number of carboxylic acid groups (broad SMARTS) is 1. The van der Waals surface area contributed by atoms with E-state index in [1.54, 1.807) is 20.8 Å². The van der Waals surface area contributed by atoms with Crippen molar-refractivity contribution in [1.82, 2.24) is 4.72 Å². The van der Waals surface area contributed by atoms with Crippen molar-refractivity contribution in [3.05, 3.63) is 0 Å². The quantitative estimate of drug-likeness (QED) is 0.594. The fourth-order valence-electron chi connectivity index (χ4n) is 1.35. The van der Waals surface area contributed by atoms with Gasteiger partial charge in [0.15, 0.2) is 0 Å². The molecule has 0 radical (unpaired) electrons. The molecule has 0 aromatic carbocycles. The van der Waals surface area contributed by atoms with Crippen LogP contribution in [0.5, 0.6) is 0 Å². The Balaban J connectivity index is 4.56. The Morgan fingerprint density at radius 3 is 2.32 bits per heavy atom. The first-order valence-electron chi connectivity index (χ1n) is 6.11. The average Bonchev–Trinajstić information content (AvgIpc) is 2.33. The summed E-state index contributed by atoms with van der Waals surface area (Å²) in [6.45, 7) is 5.21. The summed E-state index contributed by atoms with van der Waals surface area (Å²) in [7, 11) is -3.83. The van der Waals surface area contributed by atoms with Gasteiger partial charge in [0.1, 0.15) is 6.04 Å². The molecule has 0 aliphatic heterocycles. The maximum atomic E-state index is 11.7. The van der Waals surface area contributed by atoms with Gasteiger partial charge in [0.2, 0.25) is 10.0 Å². The van der Waals surface area contributed by atoms with E-state index in [-0.39, 0.29) is 18.9 Å². The van der Waals surface area contributed by atoms with Gasteiger partial charge < -0.3 is 9.84 Å². The van der Waals surface area contributed by atoms with Gasteiger partial charge in [0.25, 0.3) is 0 Å². The molecule has 7 nitrogen and oxygen atoms in total. The number of carboxylic acids is 1. The number of carbonyl (C=O) groups excluding carboxylic acids is 1. The minimum absolute atomic E-state index is 0.178. The Hall–Kier alpha value is -1.15. The second-order valence-corrected chi connectivity index (χ2v) is 6.07. The molecule has 2 atom stereocenters. The van der Waals surface area contributed by atoms with Gasteiger partial charge in [-0.3, -0.25) is 9.59 Å². The second-order valence-electron chi connectivity index (χ2n) is 4.19. The largest absolute Gasteiger partial charge is 0.480 e. The Kier molecular flexibility index (Phi) is 7.62. The standard InChI is InChI=1S/C11H21NO6S/c1-4-8(3)10(11(14)15)12-19(16,17)7-6-9(13)18-5-2/h8,10,12H,4-7H2,1-3H3,(H,14,15). The number of ether oxygens (including phenoxy) is 1. The van der Waals surface area contributed by atoms with Gasteiger partial charge in [-0.2, -0.15) is 0 Å². The Morgan fingerprint density at radius 1 is 1.32 bits per heavy atom. The van der Waals surface area contributed by atoms with Crippen LogP contribution in [0.25, 0.3) is 0 Å². The predicted octanol–water partition coefficient (Wildman–Crippen LogP) is 0.358. The van der Waals surface area contributed by atoms with Gasteiger partial charge in [-0.1, -0.05) is 20.3 Å². The number of nitrogens with one attached hydrogen (secondary N) is 1. The Bertz CT molecular complexity index is 405. The molecule has 0 spiro atoms. The van der Waals surface area contributed by atoms with E-state index in [1.165, 1.54) is 0 Å². The van der Waals surface area contributed by atoms with Crippen LogP contribution < -0.4 is 4.72 Å². The summed E-state index contributed by atoms with van der Waals surface area (Å²) in [6.07, 6.45) is 0.230. The fourth-order valence-corrected chi connectivity index (χ4v) is 2.62. The van der Waals surface area contributed by atoms with Crippen LogP contribution in [0.1, 0.15) is 33.6 Å². The van der Waals surface area contributed by atoms with E-state index < -0.39 is 33.8 Å². The second kappa shape index (κ2) is 8.11. The molecule has 112 valence electrons. The SMILES string of the molecule is CCOC(=O)CCS(=O)(=O)NC(C(=O)O)C(C)CC. The molecule has 8 heteroatoms. The van der Waals surface area contributed by atoms with Crippen LogP contribution in [0.4, 0.5) is 0 Å². The molecule has 0 aromatic rings. The van der Waals surface area contributed by atoms with Gasteiger partial charge in [-0.15, -0.1) is 0 Å². The maximum Gasteiger partial charge on any atom is 0.322 e. The van der Waals surface area contributed by atoms with Crippen molar-refractivity contribution < 1.29 is 27.9 Å². The molecule has 0 aliphatic rings. The van der Waals surface area contributed by atoms with Crippen molar-refractivity contribution in [2.24, 2.45) is 5.92 Å². The van der Waals surface area contributed by atoms with Gasteiger partial charge in [-0.25, -0.2) is 13.1 Å². The molecule has 0 heterocycles. The molecule has 0 rings (SSSR count). The highest BCUT2D eigenvalue weighted by Gasteiger charge is 2.28. The van der Waals surface area contributed by atoms with E-state index in [1.807, 2.05) is 0 Å². The van der Waals surface area contributed by atoms with Crippen molar-refractivity contribution >= 4 is 22.0 Å². The number of sulfonamides is 1. The number of hydrogen-bond acceptors (Lipinski definition) is 5. The van der Waals surface area contributed by atoms with Crippen LogP contribution >= 0.6 is 0 Å². The van der Waals surface area contributed by atoms with Crippen molar-refractivity contribution in [2.45, 2.75) is 39.7 Å². The molecule has 19 heavy (non-hydrogen) atoms. The first-order valence-corrected chi connectivity index (χ1v) is 7.77. The maximum absolute atomic E-state index is 11.7. The fraction of sp³-hybridized carbons (Fsp3) is 0.818. The Morgan fingerprint density at radius 2 is 1.89 bits per heavy atom. The smallest absolute Gasteiger partial charge is 0.322 e. The summed E-state index contributed by atoms with van der Waals surface area (Å²) >= 11 is 0. The van der Waals surface area contributed by atoms with Crippen molar-refractivity contribution in [2.75, 3.05) is 12.4 Å². The minimum atomic E-state index is -3.83. The highest BCUT2D eigenvalue weighted by atomic mass is 32.2. The lowest BCUT2D eigenvalue weighted by Crippen LogP contribution is -2.45. The van der Waals surface area contributed by atoms with E-state index in [2.05, 4.69) is 9.46 Å². The molecular formula is C11H21NO6S. The zero-order chi connectivity index (χ0) is 15.1. The van der Waals surface area contributed by atoms with Crippen LogP contribution in [0.2, 0.25) is 0 Å². The first-order chi connectivity index (χ1) is 8.73. The summed E-state index contributed by atoms with van der Waals surface area (Å²) in [6, 6.07) is -1.18. The topological polar surface area (TPSA) is 110 Å². The third-order valence-electron chi connectivity index (χ3n) is 2.67. The zero-order valence-electron chi connectivity index (χ0n) is 11.4. The monoisotopic (exact) mass is 295 g/mol. The zero-order valence-corrected chi connectivity index (χ0v) is 12.2. The summed E-state index contributed by atoms with van der Waals surface area (Å²) < 4.78 is 30.1. The molecular weight excluding hydrogens is 274 g/mol. The number of carbonyl (C=O) groups is 2. The van der Waals surface area contributed by atoms with Crippen molar-refractivity contribution in [3.63, 3.8) is 0 Å². The third-order valence-corrected chi connectivity index (χ3v) is 4.02. The molecule has 0 bridgehead atoms. The number of esters is 1. The van der Waals surface area contributed by atoms with E-state index in [0.717, 1.165) is 0 Å². The summed E-state index contributed by atoms with van der Waals surface area (Å²) in [4.78, 5) is 22.1. The molecule has 2 N–H and O–H groups in total. The van der Waals surface area contributed by atoms with Gasteiger partial charge in [0, 0.05) is 0 Å². The molecule has 2 unspecified atom stereocenters. The third kappa shape index (κ3) is 7.12. The summed E-state index contributed by atoms with van der Waals surface area (Å²) in [5.74, 6) is -2.67. The predicted molar refractivity (Wildman–Crippen MR) is 69.1 cm³/mol. The minimum Gasteiger partial charge on any atom is -0.480 e. The summed E-state index contributed by atoms with van der Waals surface area (Å²) in [5, 5.41) is 8.98. The van der Waals surface area contributed by atoms with Crippen LogP contribution in [-0.4, -0.2) is 43.9 Å². The molecule has 0 aliphatic carbocycles. The molecule has 0 saturated heterocycles. The molecule has 0 amide bonds.